The lowest BCUT2D eigenvalue weighted by atomic mass is 9.82. The van der Waals surface area contributed by atoms with Gasteiger partial charge in [-0.25, -0.2) is 4.98 Å². The second kappa shape index (κ2) is 8.70. The van der Waals surface area contributed by atoms with Gasteiger partial charge in [0.1, 0.15) is 0 Å². The van der Waals surface area contributed by atoms with Crippen LogP contribution in [0.5, 0.6) is 0 Å². The minimum atomic E-state index is -0.315. The molecule has 0 unspecified atom stereocenters. The lowest BCUT2D eigenvalue weighted by molar-refractivity contribution is -0.120. The summed E-state index contributed by atoms with van der Waals surface area (Å²) in [5.41, 5.74) is 0.161. The summed E-state index contributed by atoms with van der Waals surface area (Å²) in [5, 5.41) is 4.51. The van der Waals surface area contributed by atoms with Crippen LogP contribution >= 0.6 is 23.4 Å². The number of nitrogens with one attached hydrogen (secondary N) is 1. The lowest BCUT2D eigenvalue weighted by Gasteiger charge is -2.33. The molecule has 0 aliphatic rings. The largest absolute Gasteiger partial charge is 0.350 e. The average molecular weight is 422 g/mol. The van der Waals surface area contributed by atoms with E-state index < -0.39 is 0 Å². The van der Waals surface area contributed by atoms with Crippen LogP contribution in [-0.2, 0) is 11.3 Å². The molecule has 1 N–H and O–H groups in total. The van der Waals surface area contributed by atoms with Crippen molar-refractivity contribution in [2.75, 3.05) is 5.75 Å². The molecule has 0 atom stereocenters. The van der Waals surface area contributed by atoms with E-state index in [0.717, 1.165) is 6.42 Å². The van der Waals surface area contributed by atoms with Crippen molar-refractivity contribution >= 4 is 40.2 Å². The van der Waals surface area contributed by atoms with Gasteiger partial charge in [0.05, 0.1) is 16.7 Å². The van der Waals surface area contributed by atoms with Crippen molar-refractivity contribution in [2.45, 2.75) is 58.3 Å². The van der Waals surface area contributed by atoms with Crippen LogP contribution < -0.4 is 10.9 Å². The smallest absolute Gasteiger partial charge is 0.262 e. The second-order valence-corrected chi connectivity index (χ2v) is 10.1. The molecule has 1 heterocycles. The summed E-state index contributed by atoms with van der Waals surface area (Å²) in [6.45, 7) is 14.5. The van der Waals surface area contributed by atoms with E-state index in [0.29, 0.717) is 27.6 Å². The van der Waals surface area contributed by atoms with Crippen LogP contribution in [0.2, 0.25) is 5.02 Å². The van der Waals surface area contributed by atoms with Crippen LogP contribution in [0.1, 0.15) is 41.0 Å². The van der Waals surface area contributed by atoms with E-state index >= 15 is 0 Å². The van der Waals surface area contributed by atoms with E-state index in [4.69, 9.17) is 11.6 Å². The molecule has 0 saturated heterocycles. The maximum absolute atomic E-state index is 12.8. The fourth-order valence-electron chi connectivity index (χ4n) is 3.49. The molecule has 1 aromatic heterocycles. The highest BCUT2D eigenvalue weighted by molar-refractivity contribution is 7.99. The molecule has 28 heavy (non-hydrogen) atoms. The standard InChI is InChI=1S/C21H28ClN3O2S/c1-7-10-25-18(27)15-11-14(22)8-9-16(15)23-19(25)28-12-17(26)24-21(5,6)13-20(2,3)4/h7-9,11H,1,10,12-13H2,2-6H3,(H,24,26). The Balaban J connectivity index is 2.22. The molecule has 0 radical (unpaired) electrons. The van der Waals surface area contributed by atoms with E-state index in [1.807, 2.05) is 13.8 Å². The van der Waals surface area contributed by atoms with Gasteiger partial charge >= 0.3 is 0 Å². The quantitative estimate of drug-likeness (QED) is 0.401. The van der Waals surface area contributed by atoms with Gasteiger partial charge in [-0.1, -0.05) is 50.2 Å². The van der Waals surface area contributed by atoms with E-state index in [2.05, 4.69) is 37.7 Å². The third-order valence-corrected chi connectivity index (χ3v) is 5.19. The zero-order chi connectivity index (χ0) is 21.1. The Bertz CT molecular complexity index is 945. The number of rotatable bonds is 7. The Kier molecular flexibility index (Phi) is 6.99. The number of hydrogen-bond donors (Lipinski definition) is 1. The maximum atomic E-state index is 12.8. The maximum Gasteiger partial charge on any atom is 0.262 e. The first-order chi connectivity index (χ1) is 12.9. The van der Waals surface area contributed by atoms with E-state index in [1.54, 1.807) is 24.3 Å². The first-order valence-electron chi connectivity index (χ1n) is 9.17. The highest BCUT2D eigenvalue weighted by atomic mass is 35.5. The third kappa shape index (κ3) is 6.11. The van der Waals surface area contributed by atoms with Crippen LogP contribution in [-0.4, -0.2) is 26.8 Å². The third-order valence-electron chi connectivity index (χ3n) is 3.98. The second-order valence-electron chi connectivity index (χ2n) is 8.72. The fourth-order valence-corrected chi connectivity index (χ4v) is 4.47. The number of allylic oxidation sites excluding steroid dienone is 1. The Morgan fingerprint density at radius 2 is 2.00 bits per heavy atom. The molecule has 1 amide bonds. The number of hydrogen-bond acceptors (Lipinski definition) is 4. The van der Waals surface area contributed by atoms with Gasteiger partial charge in [0.2, 0.25) is 5.91 Å². The van der Waals surface area contributed by atoms with Gasteiger partial charge in [-0.2, -0.15) is 0 Å². The van der Waals surface area contributed by atoms with Crippen molar-refractivity contribution in [3.8, 4) is 0 Å². The summed E-state index contributed by atoms with van der Waals surface area (Å²) >= 11 is 7.26. The average Bonchev–Trinajstić information content (AvgIpc) is 2.53. The normalized spacial score (nSPS) is 12.2. The fraction of sp³-hybridized carbons (Fsp3) is 0.476. The molecule has 5 nitrogen and oxygen atoms in total. The first-order valence-corrected chi connectivity index (χ1v) is 10.5. The molecular formula is C21H28ClN3O2S. The monoisotopic (exact) mass is 421 g/mol. The molecule has 2 aromatic rings. The molecule has 152 valence electrons. The predicted octanol–water partition coefficient (Wildman–Crippen LogP) is 4.66. The zero-order valence-electron chi connectivity index (χ0n) is 17.1. The number of carbonyl (C=O) groups excluding carboxylic acids is 1. The Labute approximate surface area is 175 Å². The molecule has 0 saturated carbocycles. The van der Waals surface area contributed by atoms with Gasteiger partial charge in [0.15, 0.2) is 5.16 Å². The first kappa shape index (κ1) is 22.5. The molecule has 0 spiro atoms. The SMILES string of the molecule is C=CCn1c(SCC(=O)NC(C)(C)CC(C)(C)C)nc2ccc(Cl)cc2c1=O. The van der Waals surface area contributed by atoms with E-state index in [-0.39, 0.29) is 28.2 Å². The zero-order valence-corrected chi connectivity index (χ0v) is 18.7. The number of nitrogens with zero attached hydrogens (tertiary/aromatic N) is 2. The predicted molar refractivity (Wildman–Crippen MR) is 118 cm³/mol. The number of thioether (sulfide) groups is 1. The summed E-state index contributed by atoms with van der Waals surface area (Å²) in [4.78, 5) is 29.9. The highest BCUT2D eigenvalue weighted by Gasteiger charge is 2.27. The van der Waals surface area contributed by atoms with E-state index in [1.165, 1.54) is 16.3 Å². The Hall–Kier alpha value is -1.79. The van der Waals surface area contributed by atoms with Crippen LogP contribution in [0.4, 0.5) is 0 Å². The van der Waals surface area contributed by atoms with Crippen molar-refractivity contribution in [3.63, 3.8) is 0 Å². The number of amides is 1. The van der Waals surface area contributed by atoms with Gasteiger partial charge < -0.3 is 5.32 Å². The van der Waals surface area contributed by atoms with Gasteiger partial charge in [-0.05, 0) is 43.9 Å². The van der Waals surface area contributed by atoms with Gasteiger partial charge in [-0.3, -0.25) is 14.2 Å². The van der Waals surface area contributed by atoms with Crippen LogP contribution in [0.25, 0.3) is 10.9 Å². The summed E-state index contributed by atoms with van der Waals surface area (Å²) in [6.07, 6.45) is 2.49. The summed E-state index contributed by atoms with van der Waals surface area (Å²) in [6, 6.07) is 5.03. The molecular weight excluding hydrogens is 394 g/mol. The van der Waals surface area contributed by atoms with Gasteiger partial charge in [-0.15, -0.1) is 6.58 Å². The molecule has 7 heteroatoms. The van der Waals surface area contributed by atoms with E-state index in [9.17, 15) is 9.59 Å². The van der Waals surface area contributed by atoms with Gasteiger partial charge in [0, 0.05) is 17.1 Å². The van der Waals surface area contributed by atoms with Gasteiger partial charge in [0.25, 0.3) is 5.56 Å². The Morgan fingerprint density at radius 1 is 1.32 bits per heavy atom. The molecule has 0 fully saturated rings. The number of halogens is 1. The summed E-state index contributed by atoms with van der Waals surface area (Å²) < 4.78 is 1.52. The number of fused-ring (bicyclic) bond motifs is 1. The number of benzene rings is 1. The van der Waals surface area contributed by atoms with Crippen LogP contribution in [0.3, 0.4) is 0 Å². The molecule has 0 bridgehead atoms. The Morgan fingerprint density at radius 3 is 2.61 bits per heavy atom. The molecule has 0 aliphatic carbocycles. The highest BCUT2D eigenvalue weighted by Crippen LogP contribution is 2.27. The summed E-state index contributed by atoms with van der Waals surface area (Å²) in [5.74, 6) is 0.0887. The number of carbonyl (C=O) groups is 1. The van der Waals surface area contributed by atoms with Crippen molar-refractivity contribution in [1.82, 2.24) is 14.9 Å². The summed E-state index contributed by atoms with van der Waals surface area (Å²) in [7, 11) is 0. The van der Waals surface area contributed by atoms with Crippen molar-refractivity contribution in [2.24, 2.45) is 5.41 Å². The number of aromatic nitrogens is 2. The van der Waals surface area contributed by atoms with Crippen molar-refractivity contribution < 1.29 is 4.79 Å². The molecule has 0 aliphatic heterocycles. The lowest BCUT2D eigenvalue weighted by Crippen LogP contribution is -2.46. The van der Waals surface area contributed by atoms with Crippen LogP contribution in [0, 0.1) is 5.41 Å². The minimum absolute atomic E-state index is 0.0881. The minimum Gasteiger partial charge on any atom is -0.350 e. The van der Waals surface area contributed by atoms with Crippen molar-refractivity contribution in [1.29, 1.82) is 0 Å². The van der Waals surface area contributed by atoms with Crippen molar-refractivity contribution in [3.05, 3.63) is 46.2 Å². The molecule has 1 aromatic carbocycles. The topological polar surface area (TPSA) is 64.0 Å². The van der Waals surface area contributed by atoms with Crippen LogP contribution in [0.15, 0.2) is 40.8 Å². The molecule has 2 rings (SSSR count).